The van der Waals surface area contributed by atoms with Gasteiger partial charge in [-0.25, -0.2) is 4.39 Å². The van der Waals surface area contributed by atoms with Crippen LogP contribution in [0.1, 0.15) is 22.8 Å². The fourth-order valence-corrected chi connectivity index (χ4v) is 4.87. The van der Waals surface area contributed by atoms with Crippen LogP contribution < -0.4 is 16.0 Å². The second kappa shape index (κ2) is 14.1. The highest BCUT2D eigenvalue weighted by Gasteiger charge is 2.17. The van der Waals surface area contributed by atoms with Crippen LogP contribution in [0.25, 0.3) is 6.08 Å². The molecular formula is C31H24BrClFN3O3S. The van der Waals surface area contributed by atoms with Crippen molar-refractivity contribution in [1.82, 2.24) is 5.32 Å². The Morgan fingerprint density at radius 3 is 2.20 bits per heavy atom. The first kappa shape index (κ1) is 30.0. The molecule has 0 aliphatic rings. The van der Waals surface area contributed by atoms with Gasteiger partial charge in [-0.3, -0.25) is 14.4 Å². The Morgan fingerprint density at radius 1 is 0.878 bits per heavy atom. The van der Waals surface area contributed by atoms with E-state index in [1.54, 1.807) is 67.6 Å². The zero-order valence-electron chi connectivity index (χ0n) is 21.7. The molecule has 4 rings (SSSR count). The van der Waals surface area contributed by atoms with Gasteiger partial charge in [0.15, 0.2) is 0 Å². The number of amides is 3. The first-order chi connectivity index (χ1) is 19.7. The maximum atomic E-state index is 13.4. The number of carbonyl (C=O) groups is 3. The number of halogens is 3. The van der Waals surface area contributed by atoms with Crippen LogP contribution in [-0.4, -0.2) is 23.0 Å². The van der Waals surface area contributed by atoms with Crippen molar-refractivity contribution in [2.45, 2.75) is 17.1 Å². The molecule has 0 fully saturated rings. The molecule has 0 aliphatic heterocycles. The number of anilines is 2. The lowest BCUT2D eigenvalue weighted by molar-refractivity contribution is -0.115. The van der Waals surface area contributed by atoms with E-state index in [-0.39, 0.29) is 16.6 Å². The molecule has 0 heterocycles. The van der Waals surface area contributed by atoms with Crippen LogP contribution in [0.4, 0.5) is 15.8 Å². The lowest BCUT2D eigenvalue weighted by atomic mass is 10.1. The molecule has 0 radical (unpaired) electrons. The normalized spacial score (nSPS) is 11.9. The van der Waals surface area contributed by atoms with Gasteiger partial charge < -0.3 is 16.0 Å². The number of carbonyl (C=O) groups excluding carboxylic acids is 3. The van der Waals surface area contributed by atoms with Gasteiger partial charge >= 0.3 is 0 Å². The molecule has 0 bridgehead atoms. The smallest absolute Gasteiger partial charge is 0.272 e. The van der Waals surface area contributed by atoms with E-state index in [1.165, 1.54) is 30.0 Å². The van der Waals surface area contributed by atoms with Gasteiger partial charge in [-0.05, 0) is 85.3 Å². The highest BCUT2D eigenvalue weighted by Crippen LogP contribution is 2.27. The summed E-state index contributed by atoms with van der Waals surface area (Å²) in [6.45, 7) is 1.75. The van der Waals surface area contributed by atoms with Gasteiger partial charge in [0.05, 0.1) is 10.3 Å². The van der Waals surface area contributed by atoms with Crippen LogP contribution in [-0.2, 0) is 9.59 Å². The summed E-state index contributed by atoms with van der Waals surface area (Å²) in [6.07, 6.45) is 1.60. The molecular weight excluding hydrogens is 629 g/mol. The zero-order valence-corrected chi connectivity index (χ0v) is 24.8. The van der Waals surface area contributed by atoms with Gasteiger partial charge in [-0.1, -0.05) is 57.9 Å². The second-order valence-corrected chi connectivity index (χ2v) is 11.5. The predicted molar refractivity (Wildman–Crippen MR) is 166 cm³/mol. The van der Waals surface area contributed by atoms with E-state index in [0.717, 1.165) is 14.9 Å². The van der Waals surface area contributed by atoms with Crippen molar-refractivity contribution >= 4 is 74.5 Å². The molecule has 4 aromatic carbocycles. The van der Waals surface area contributed by atoms with E-state index in [9.17, 15) is 18.8 Å². The molecule has 0 spiro atoms. The first-order valence-electron chi connectivity index (χ1n) is 12.4. The molecule has 6 nitrogen and oxygen atoms in total. The van der Waals surface area contributed by atoms with Gasteiger partial charge in [0.2, 0.25) is 5.91 Å². The van der Waals surface area contributed by atoms with Crippen molar-refractivity contribution in [3.05, 3.63) is 129 Å². The van der Waals surface area contributed by atoms with E-state index in [1.807, 2.05) is 24.3 Å². The second-order valence-electron chi connectivity index (χ2n) is 8.79. The van der Waals surface area contributed by atoms with E-state index in [0.29, 0.717) is 16.9 Å². The predicted octanol–water partition coefficient (Wildman–Crippen LogP) is 7.77. The van der Waals surface area contributed by atoms with Crippen LogP contribution >= 0.6 is 39.3 Å². The summed E-state index contributed by atoms with van der Waals surface area (Å²) in [4.78, 5) is 39.4. The Morgan fingerprint density at radius 2 is 1.54 bits per heavy atom. The monoisotopic (exact) mass is 651 g/mol. The standard InChI is InChI=1S/C31H24BrClFN3O3S/c1-19(29(38)36-24-13-16-27(34)26(33)18-24)41-25-14-11-23(12-15-25)35-31(40)28(17-20-7-9-22(32)10-8-20)37-30(39)21-5-3-2-4-6-21/h2-19H,1H3,(H,35,40)(H,36,38)(H,37,39)/b28-17-. The Hall–Kier alpha value is -3.92. The van der Waals surface area contributed by atoms with Crippen LogP contribution in [0.15, 0.2) is 112 Å². The molecule has 1 unspecified atom stereocenters. The van der Waals surface area contributed by atoms with Crippen LogP contribution in [0.3, 0.4) is 0 Å². The Labute approximate surface area is 254 Å². The third kappa shape index (κ3) is 8.78. The van der Waals surface area contributed by atoms with E-state index >= 15 is 0 Å². The van der Waals surface area contributed by atoms with Gasteiger partial charge in [-0.2, -0.15) is 0 Å². The Kier molecular flexibility index (Phi) is 10.3. The zero-order chi connectivity index (χ0) is 29.4. The third-order valence-electron chi connectivity index (χ3n) is 5.69. The average molecular weight is 653 g/mol. The first-order valence-corrected chi connectivity index (χ1v) is 14.4. The summed E-state index contributed by atoms with van der Waals surface area (Å²) in [5.74, 6) is -1.74. The summed E-state index contributed by atoms with van der Waals surface area (Å²) in [5.41, 5.74) is 2.13. The number of benzene rings is 4. The molecule has 1 atom stereocenters. The van der Waals surface area contributed by atoms with Crippen molar-refractivity contribution in [3.63, 3.8) is 0 Å². The maximum absolute atomic E-state index is 13.4. The summed E-state index contributed by atoms with van der Waals surface area (Å²) in [5, 5.41) is 7.71. The van der Waals surface area contributed by atoms with E-state index in [4.69, 9.17) is 11.6 Å². The van der Waals surface area contributed by atoms with E-state index in [2.05, 4.69) is 31.9 Å². The number of nitrogens with one attached hydrogen (secondary N) is 3. The van der Waals surface area contributed by atoms with E-state index < -0.39 is 22.9 Å². The highest BCUT2D eigenvalue weighted by atomic mass is 79.9. The molecule has 4 aromatic rings. The number of rotatable bonds is 9. The minimum Gasteiger partial charge on any atom is -0.325 e. The van der Waals surface area contributed by atoms with Crippen molar-refractivity contribution < 1.29 is 18.8 Å². The molecule has 0 saturated carbocycles. The van der Waals surface area contributed by atoms with Crippen molar-refractivity contribution in [3.8, 4) is 0 Å². The molecule has 208 valence electrons. The molecule has 10 heteroatoms. The molecule has 0 aliphatic carbocycles. The molecule has 3 amide bonds. The number of hydrogen-bond acceptors (Lipinski definition) is 4. The quantitative estimate of drug-likeness (QED) is 0.127. The minimum atomic E-state index is -0.561. The van der Waals surface area contributed by atoms with Gasteiger partial charge in [0, 0.05) is 26.3 Å². The van der Waals surface area contributed by atoms with Gasteiger partial charge in [-0.15, -0.1) is 11.8 Å². The molecule has 41 heavy (non-hydrogen) atoms. The Balaban J connectivity index is 1.42. The van der Waals surface area contributed by atoms with Crippen molar-refractivity contribution in [2.24, 2.45) is 0 Å². The summed E-state index contributed by atoms with van der Waals surface area (Å²) >= 11 is 10.5. The highest BCUT2D eigenvalue weighted by molar-refractivity contribution is 9.10. The molecule has 0 aromatic heterocycles. The van der Waals surface area contributed by atoms with Crippen molar-refractivity contribution in [2.75, 3.05) is 10.6 Å². The van der Waals surface area contributed by atoms with Gasteiger partial charge in [0.25, 0.3) is 11.8 Å². The van der Waals surface area contributed by atoms with Crippen LogP contribution in [0.2, 0.25) is 5.02 Å². The fourth-order valence-electron chi connectivity index (χ4n) is 3.56. The average Bonchev–Trinajstić information content (AvgIpc) is 2.97. The summed E-state index contributed by atoms with van der Waals surface area (Å²) in [7, 11) is 0. The van der Waals surface area contributed by atoms with Crippen LogP contribution in [0, 0.1) is 5.82 Å². The van der Waals surface area contributed by atoms with Gasteiger partial charge in [0.1, 0.15) is 11.5 Å². The van der Waals surface area contributed by atoms with Crippen molar-refractivity contribution in [1.29, 1.82) is 0 Å². The Bertz CT molecular complexity index is 1580. The fraction of sp³-hybridized carbons (Fsp3) is 0.0645. The SMILES string of the molecule is CC(Sc1ccc(NC(=O)/C(=C/c2ccc(Br)cc2)NC(=O)c2ccccc2)cc1)C(=O)Nc1ccc(F)c(Cl)c1. The summed E-state index contributed by atoms with van der Waals surface area (Å²) in [6, 6.07) is 26.9. The lowest BCUT2D eigenvalue weighted by Crippen LogP contribution is -2.30. The summed E-state index contributed by atoms with van der Waals surface area (Å²) < 4.78 is 14.3. The lowest BCUT2D eigenvalue weighted by Gasteiger charge is -2.14. The number of hydrogen-bond donors (Lipinski definition) is 3. The number of thioether (sulfide) groups is 1. The molecule has 0 saturated heterocycles. The topological polar surface area (TPSA) is 87.3 Å². The maximum Gasteiger partial charge on any atom is 0.272 e. The largest absolute Gasteiger partial charge is 0.325 e. The molecule has 3 N–H and O–H groups in total. The minimum absolute atomic E-state index is 0.0739. The third-order valence-corrected chi connectivity index (χ3v) is 7.62. The van der Waals surface area contributed by atoms with Crippen LogP contribution in [0.5, 0.6) is 0 Å².